The third-order valence-electron chi connectivity index (χ3n) is 3.23. The Morgan fingerprint density at radius 1 is 1.33 bits per heavy atom. The Labute approximate surface area is 152 Å². The molecule has 24 heavy (non-hydrogen) atoms. The number of halogens is 1. The van der Waals surface area contributed by atoms with E-state index in [2.05, 4.69) is 10.6 Å². The average molecular weight is 401 g/mol. The molecule has 0 aromatic rings. The summed E-state index contributed by atoms with van der Waals surface area (Å²) in [7, 11) is -3.24. The lowest BCUT2D eigenvalue weighted by Gasteiger charge is -2.24. The van der Waals surface area contributed by atoms with Gasteiger partial charge in [0.2, 0.25) is 5.91 Å². The lowest BCUT2D eigenvalue weighted by Crippen LogP contribution is -2.52. The van der Waals surface area contributed by atoms with Crippen molar-refractivity contribution in [2.24, 2.45) is 0 Å². The van der Waals surface area contributed by atoms with E-state index in [4.69, 9.17) is 16.3 Å². The second-order valence-electron chi connectivity index (χ2n) is 6.69. The van der Waals surface area contributed by atoms with Crippen LogP contribution in [0.3, 0.4) is 0 Å². The molecular weight excluding hydrogens is 376 g/mol. The van der Waals surface area contributed by atoms with E-state index in [1.165, 1.54) is 11.8 Å². The van der Waals surface area contributed by atoms with Gasteiger partial charge in [-0.1, -0.05) is 0 Å². The van der Waals surface area contributed by atoms with E-state index in [9.17, 15) is 18.0 Å². The number of hydrogen-bond acceptors (Lipinski definition) is 6. The summed E-state index contributed by atoms with van der Waals surface area (Å²) >= 11 is 7.54. The fourth-order valence-electron chi connectivity index (χ4n) is 2.17. The number of carbonyl (C=O) groups excluding carboxylic acids is 2. The van der Waals surface area contributed by atoms with Gasteiger partial charge in [0.15, 0.2) is 9.84 Å². The Bertz CT molecular complexity index is 562. The zero-order chi connectivity index (χ0) is 18.5. The molecule has 2 amide bonds. The van der Waals surface area contributed by atoms with Crippen molar-refractivity contribution in [1.29, 1.82) is 0 Å². The van der Waals surface area contributed by atoms with Gasteiger partial charge >= 0.3 is 6.09 Å². The van der Waals surface area contributed by atoms with Crippen molar-refractivity contribution < 1.29 is 22.7 Å². The van der Waals surface area contributed by atoms with Crippen LogP contribution in [-0.4, -0.2) is 67.0 Å². The second kappa shape index (κ2) is 8.62. The third kappa shape index (κ3) is 7.48. The number of carbonyl (C=O) groups is 2. The topological polar surface area (TPSA) is 102 Å². The van der Waals surface area contributed by atoms with Gasteiger partial charge in [-0.15, -0.1) is 11.6 Å². The monoisotopic (exact) mass is 400 g/mol. The van der Waals surface area contributed by atoms with E-state index >= 15 is 0 Å². The van der Waals surface area contributed by atoms with Crippen LogP contribution in [0.25, 0.3) is 0 Å². The van der Waals surface area contributed by atoms with Gasteiger partial charge in [-0.2, -0.15) is 11.8 Å². The van der Waals surface area contributed by atoms with Gasteiger partial charge < -0.3 is 15.4 Å². The minimum atomic E-state index is -3.24. The first-order chi connectivity index (χ1) is 10.9. The molecule has 0 radical (unpaired) electrons. The maximum Gasteiger partial charge on any atom is 0.408 e. The molecule has 0 spiro atoms. The number of ether oxygens (including phenoxy) is 1. The average Bonchev–Trinajstić information content (AvgIpc) is 2.64. The van der Waals surface area contributed by atoms with Crippen molar-refractivity contribution in [2.45, 2.75) is 50.3 Å². The van der Waals surface area contributed by atoms with E-state index in [0.29, 0.717) is 12.2 Å². The number of amides is 2. The molecule has 0 saturated carbocycles. The van der Waals surface area contributed by atoms with Crippen LogP contribution < -0.4 is 10.6 Å². The fraction of sp³-hybridized carbons (Fsp3) is 0.857. The Morgan fingerprint density at radius 3 is 2.42 bits per heavy atom. The van der Waals surface area contributed by atoms with Crippen molar-refractivity contribution in [3.05, 3.63) is 0 Å². The van der Waals surface area contributed by atoms with Crippen LogP contribution >= 0.6 is 23.4 Å². The first-order valence-corrected chi connectivity index (χ1v) is 11.2. The van der Waals surface area contributed by atoms with Crippen LogP contribution in [0.4, 0.5) is 4.79 Å². The van der Waals surface area contributed by atoms with Gasteiger partial charge in [0.05, 0.1) is 22.9 Å². The van der Waals surface area contributed by atoms with Crippen molar-refractivity contribution in [3.63, 3.8) is 0 Å². The number of hydrogen-bond donors (Lipinski definition) is 2. The molecule has 3 unspecified atom stereocenters. The van der Waals surface area contributed by atoms with Crippen molar-refractivity contribution >= 4 is 45.2 Å². The molecule has 2 N–H and O–H groups in total. The molecule has 1 aliphatic heterocycles. The van der Waals surface area contributed by atoms with E-state index in [1.807, 2.05) is 6.26 Å². The first-order valence-electron chi connectivity index (χ1n) is 7.57. The summed E-state index contributed by atoms with van der Waals surface area (Å²) in [6.45, 7) is 5.18. The molecule has 1 rings (SSSR count). The summed E-state index contributed by atoms with van der Waals surface area (Å²) in [5, 5.41) is 4.51. The molecule has 1 saturated heterocycles. The molecule has 1 heterocycles. The quantitative estimate of drug-likeness (QED) is 0.648. The van der Waals surface area contributed by atoms with Crippen LogP contribution in [0.1, 0.15) is 27.2 Å². The van der Waals surface area contributed by atoms with Crippen molar-refractivity contribution in [2.75, 3.05) is 23.5 Å². The lowest BCUT2D eigenvalue weighted by molar-refractivity contribution is -0.123. The van der Waals surface area contributed by atoms with Crippen LogP contribution in [0, 0.1) is 0 Å². The number of alkyl carbamates (subject to hydrolysis) is 1. The molecule has 0 aromatic heterocycles. The van der Waals surface area contributed by atoms with Crippen molar-refractivity contribution in [3.8, 4) is 0 Å². The molecule has 0 aliphatic carbocycles. The first kappa shape index (κ1) is 21.4. The second-order valence-corrected chi connectivity index (χ2v) is 10.4. The normalized spacial score (nSPS) is 24.2. The number of thioether (sulfide) groups is 1. The Hall–Kier alpha value is -0.670. The van der Waals surface area contributed by atoms with Gasteiger partial charge in [-0.05, 0) is 39.2 Å². The zero-order valence-electron chi connectivity index (χ0n) is 14.3. The summed E-state index contributed by atoms with van der Waals surface area (Å²) in [4.78, 5) is 24.3. The zero-order valence-corrected chi connectivity index (χ0v) is 16.7. The largest absolute Gasteiger partial charge is 0.444 e. The highest BCUT2D eigenvalue weighted by atomic mass is 35.5. The van der Waals surface area contributed by atoms with Gasteiger partial charge in [-0.3, -0.25) is 4.79 Å². The Kier molecular flexibility index (Phi) is 7.68. The Balaban J connectivity index is 2.69. The van der Waals surface area contributed by atoms with E-state index in [0.717, 1.165) is 0 Å². The van der Waals surface area contributed by atoms with Gasteiger partial charge in [0.1, 0.15) is 11.6 Å². The van der Waals surface area contributed by atoms with Crippen LogP contribution in [-0.2, 0) is 19.4 Å². The fourth-order valence-corrected chi connectivity index (χ4v) is 5.20. The van der Waals surface area contributed by atoms with E-state index in [1.54, 1.807) is 20.8 Å². The van der Waals surface area contributed by atoms with Gasteiger partial charge in [0, 0.05) is 0 Å². The summed E-state index contributed by atoms with van der Waals surface area (Å²) in [5.74, 6) is -0.146. The molecule has 3 atom stereocenters. The molecule has 0 bridgehead atoms. The van der Waals surface area contributed by atoms with Crippen LogP contribution in [0.5, 0.6) is 0 Å². The minimum Gasteiger partial charge on any atom is -0.444 e. The molecular formula is C14H25ClN2O5S2. The van der Waals surface area contributed by atoms with Crippen molar-refractivity contribution in [1.82, 2.24) is 10.6 Å². The SMILES string of the molecule is CSCCC(NC(=O)OC(C)(C)C)C(=O)NC1CS(=O)(=O)CC1Cl. The highest BCUT2D eigenvalue weighted by Gasteiger charge is 2.38. The van der Waals surface area contributed by atoms with Crippen LogP contribution in [0.15, 0.2) is 0 Å². The molecule has 1 fully saturated rings. The van der Waals surface area contributed by atoms with Crippen LogP contribution in [0.2, 0.25) is 0 Å². The third-order valence-corrected chi connectivity index (χ3v) is 6.25. The van der Waals surface area contributed by atoms with E-state index < -0.39 is 44.9 Å². The molecule has 1 aliphatic rings. The highest BCUT2D eigenvalue weighted by molar-refractivity contribution is 7.98. The number of alkyl halides is 1. The summed E-state index contributed by atoms with van der Waals surface area (Å²) in [6, 6.07) is -1.46. The number of sulfone groups is 1. The molecule has 7 nitrogen and oxygen atoms in total. The van der Waals surface area contributed by atoms with Gasteiger partial charge in [-0.25, -0.2) is 13.2 Å². The smallest absolute Gasteiger partial charge is 0.408 e. The minimum absolute atomic E-state index is 0.158. The number of rotatable bonds is 6. The predicted octanol–water partition coefficient (Wildman–Crippen LogP) is 1.15. The predicted molar refractivity (Wildman–Crippen MR) is 96.4 cm³/mol. The van der Waals surface area contributed by atoms with Gasteiger partial charge in [0.25, 0.3) is 0 Å². The maximum atomic E-state index is 12.4. The molecule has 0 aromatic carbocycles. The summed E-state index contributed by atoms with van der Waals surface area (Å²) in [5.41, 5.74) is -0.675. The standard InChI is InChI=1S/C14H25ClN2O5S2/c1-14(2,3)22-13(19)17-10(5-6-23-4)12(18)16-11-8-24(20,21)7-9(11)15/h9-11H,5-8H2,1-4H3,(H,16,18)(H,17,19). The molecule has 140 valence electrons. The summed E-state index contributed by atoms with van der Waals surface area (Å²) < 4.78 is 28.3. The lowest BCUT2D eigenvalue weighted by atomic mass is 10.1. The summed E-state index contributed by atoms with van der Waals surface area (Å²) in [6.07, 6.45) is 1.60. The Morgan fingerprint density at radius 2 is 1.96 bits per heavy atom. The maximum absolute atomic E-state index is 12.4. The number of nitrogens with one attached hydrogen (secondary N) is 2. The van der Waals surface area contributed by atoms with E-state index in [-0.39, 0.29) is 11.5 Å². The molecule has 10 heteroatoms. The highest BCUT2D eigenvalue weighted by Crippen LogP contribution is 2.18.